The van der Waals surface area contributed by atoms with Crippen LogP contribution >= 0.6 is 15.9 Å². The van der Waals surface area contributed by atoms with Gasteiger partial charge in [-0.25, -0.2) is 0 Å². The number of rotatable bonds is 7. The lowest BCUT2D eigenvalue weighted by molar-refractivity contribution is -0.137. The third-order valence-corrected chi connectivity index (χ3v) is 3.29. The van der Waals surface area contributed by atoms with Gasteiger partial charge in [0.2, 0.25) is 0 Å². The fourth-order valence-corrected chi connectivity index (χ4v) is 2.27. The van der Waals surface area contributed by atoms with Crippen LogP contribution in [0.1, 0.15) is 30.9 Å². The maximum absolute atomic E-state index is 10.5. The molecule has 0 amide bonds. The zero-order chi connectivity index (χ0) is 13.5. The second-order valence-corrected chi connectivity index (χ2v) is 4.93. The Labute approximate surface area is 115 Å². The van der Waals surface area contributed by atoms with Gasteiger partial charge < -0.3 is 15.2 Å². The summed E-state index contributed by atoms with van der Waals surface area (Å²) in [5.41, 5.74) is 1.04. The van der Waals surface area contributed by atoms with Crippen molar-refractivity contribution >= 4 is 21.9 Å². The number of carboxylic acid groups (broad SMARTS) is 1. The number of benzene rings is 1. The molecule has 1 aromatic rings. The number of carbonyl (C=O) groups is 1. The SMILES string of the molecule is CNC(CCCC(=O)O)c1cc(Br)ccc1OC. The summed E-state index contributed by atoms with van der Waals surface area (Å²) in [6.45, 7) is 0. The van der Waals surface area contributed by atoms with Crippen molar-refractivity contribution in [2.45, 2.75) is 25.3 Å². The number of hydrogen-bond donors (Lipinski definition) is 2. The minimum absolute atomic E-state index is 0.0943. The minimum atomic E-state index is -0.758. The smallest absolute Gasteiger partial charge is 0.303 e. The first-order chi connectivity index (χ1) is 8.58. The summed E-state index contributed by atoms with van der Waals surface area (Å²) in [7, 11) is 3.50. The van der Waals surface area contributed by atoms with Crippen LogP contribution in [-0.4, -0.2) is 25.2 Å². The molecule has 1 rings (SSSR count). The van der Waals surface area contributed by atoms with Gasteiger partial charge in [-0.15, -0.1) is 0 Å². The van der Waals surface area contributed by atoms with E-state index in [1.54, 1.807) is 7.11 Å². The van der Waals surface area contributed by atoms with Crippen LogP contribution in [0, 0.1) is 0 Å². The Bertz CT molecular complexity index is 409. The third-order valence-electron chi connectivity index (χ3n) is 2.80. The van der Waals surface area contributed by atoms with E-state index in [0.29, 0.717) is 6.42 Å². The molecule has 1 atom stereocenters. The molecule has 0 aliphatic heterocycles. The predicted molar refractivity (Wildman–Crippen MR) is 74.0 cm³/mol. The molecule has 0 aliphatic carbocycles. The third kappa shape index (κ3) is 4.31. The number of nitrogens with one attached hydrogen (secondary N) is 1. The summed E-state index contributed by atoms with van der Waals surface area (Å²) in [5.74, 6) is 0.0546. The number of carboxylic acids is 1. The van der Waals surface area contributed by atoms with Crippen molar-refractivity contribution in [3.05, 3.63) is 28.2 Å². The monoisotopic (exact) mass is 315 g/mol. The summed E-state index contributed by atoms with van der Waals surface area (Å²) in [6, 6.07) is 5.92. The molecule has 0 spiro atoms. The predicted octanol–water partition coefficient (Wildman–Crippen LogP) is 2.97. The molecule has 2 N–H and O–H groups in total. The van der Waals surface area contributed by atoms with Crippen molar-refractivity contribution in [2.75, 3.05) is 14.2 Å². The normalized spacial score (nSPS) is 12.2. The van der Waals surface area contributed by atoms with Gasteiger partial charge in [-0.1, -0.05) is 15.9 Å². The molecule has 100 valence electrons. The lowest BCUT2D eigenvalue weighted by Crippen LogP contribution is -2.17. The number of aliphatic carboxylic acids is 1. The van der Waals surface area contributed by atoms with E-state index >= 15 is 0 Å². The maximum atomic E-state index is 10.5. The van der Waals surface area contributed by atoms with E-state index in [0.717, 1.165) is 22.2 Å². The molecular weight excluding hydrogens is 298 g/mol. The standard InChI is InChI=1S/C13H18BrNO3/c1-15-11(4-3-5-13(16)17)10-8-9(14)6-7-12(10)18-2/h6-8,11,15H,3-5H2,1-2H3,(H,16,17). The zero-order valence-electron chi connectivity index (χ0n) is 10.6. The highest BCUT2D eigenvalue weighted by atomic mass is 79.9. The topological polar surface area (TPSA) is 58.6 Å². The van der Waals surface area contributed by atoms with Gasteiger partial charge in [-0.3, -0.25) is 4.79 Å². The van der Waals surface area contributed by atoms with Crippen molar-refractivity contribution in [3.63, 3.8) is 0 Å². The highest BCUT2D eigenvalue weighted by Crippen LogP contribution is 2.30. The van der Waals surface area contributed by atoms with E-state index in [-0.39, 0.29) is 12.5 Å². The van der Waals surface area contributed by atoms with Gasteiger partial charge in [0.05, 0.1) is 7.11 Å². The van der Waals surface area contributed by atoms with Gasteiger partial charge in [0.25, 0.3) is 0 Å². The Hall–Kier alpha value is -1.07. The average molecular weight is 316 g/mol. The van der Waals surface area contributed by atoms with E-state index < -0.39 is 5.97 Å². The van der Waals surface area contributed by atoms with Gasteiger partial charge >= 0.3 is 5.97 Å². The van der Waals surface area contributed by atoms with E-state index in [1.165, 1.54) is 0 Å². The van der Waals surface area contributed by atoms with Crippen LogP contribution in [0.4, 0.5) is 0 Å². The molecule has 5 heteroatoms. The molecule has 4 nitrogen and oxygen atoms in total. The Morgan fingerprint density at radius 1 is 1.56 bits per heavy atom. The summed E-state index contributed by atoms with van der Waals surface area (Å²) in [6.07, 6.45) is 1.58. The molecule has 1 unspecified atom stereocenters. The molecule has 0 fully saturated rings. The lowest BCUT2D eigenvalue weighted by atomic mass is 10.00. The molecule has 0 aliphatic rings. The molecule has 0 radical (unpaired) electrons. The van der Waals surface area contributed by atoms with Crippen molar-refractivity contribution in [1.29, 1.82) is 0 Å². The summed E-state index contributed by atoms with van der Waals surface area (Å²) < 4.78 is 6.32. The van der Waals surface area contributed by atoms with Crippen LogP contribution in [0.25, 0.3) is 0 Å². The highest BCUT2D eigenvalue weighted by molar-refractivity contribution is 9.10. The van der Waals surface area contributed by atoms with Gasteiger partial charge in [0, 0.05) is 22.5 Å². The highest BCUT2D eigenvalue weighted by Gasteiger charge is 2.15. The Morgan fingerprint density at radius 2 is 2.28 bits per heavy atom. The second kappa shape index (κ2) is 7.38. The number of ether oxygens (including phenoxy) is 1. The summed E-state index contributed by atoms with van der Waals surface area (Å²) in [4.78, 5) is 10.5. The van der Waals surface area contributed by atoms with E-state index in [2.05, 4.69) is 21.2 Å². The first-order valence-corrected chi connectivity index (χ1v) is 6.60. The van der Waals surface area contributed by atoms with Crippen molar-refractivity contribution in [2.24, 2.45) is 0 Å². The fourth-order valence-electron chi connectivity index (χ4n) is 1.89. The van der Waals surface area contributed by atoms with Crippen LogP contribution < -0.4 is 10.1 Å². The molecule has 0 saturated carbocycles. The number of halogens is 1. The van der Waals surface area contributed by atoms with E-state index in [1.807, 2.05) is 25.2 Å². The van der Waals surface area contributed by atoms with Gasteiger partial charge in [0.1, 0.15) is 5.75 Å². The van der Waals surface area contributed by atoms with Crippen molar-refractivity contribution in [3.8, 4) is 5.75 Å². The van der Waals surface area contributed by atoms with Crippen LogP contribution in [0.3, 0.4) is 0 Å². The van der Waals surface area contributed by atoms with Crippen LogP contribution in [0.5, 0.6) is 5.75 Å². The largest absolute Gasteiger partial charge is 0.496 e. The summed E-state index contributed by atoms with van der Waals surface area (Å²) in [5, 5.41) is 11.9. The lowest BCUT2D eigenvalue weighted by Gasteiger charge is -2.19. The van der Waals surface area contributed by atoms with Crippen molar-refractivity contribution in [1.82, 2.24) is 5.32 Å². The molecule has 0 bridgehead atoms. The molecule has 0 aromatic heterocycles. The first kappa shape index (κ1) is 15.0. The average Bonchev–Trinajstić information content (AvgIpc) is 2.34. The van der Waals surface area contributed by atoms with Crippen molar-refractivity contribution < 1.29 is 14.6 Å². The Balaban J connectivity index is 2.80. The number of hydrogen-bond acceptors (Lipinski definition) is 3. The first-order valence-electron chi connectivity index (χ1n) is 5.81. The van der Waals surface area contributed by atoms with Crippen LogP contribution in [-0.2, 0) is 4.79 Å². The molecule has 0 saturated heterocycles. The van der Waals surface area contributed by atoms with Gasteiger partial charge in [0.15, 0.2) is 0 Å². The van der Waals surface area contributed by atoms with Crippen LogP contribution in [0.15, 0.2) is 22.7 Å². The second-order valence-electron chi connectivity index (χ2n) is 4.01. The quantitative estimate of drug-likeness (QED) is 0.812. The minimum Gasteiger partial charge on any atom is -0.496 e. The maximum Gasteiger partial charge on any atom is 0.303 e. The van der Waals surface area contributed by atoms with E-state index in [9.17, 15) is 4.79 Å². The molecule has 0 heterocycles. The Kier molecular flexibility index (Phi) is 6.15. The molecule has 18 heavy (non-hydrogen) atoms. The van der Waals surface area contributed by atoms with Crippen LogP contribution in [0.2, 0.25) is 0 Å². The number of methoxy groups -OCH3 is 1. The van der Waals surface area contributed by atoms with Gasteiger partial charge in [-0.2, -0.15) is 0 Å². The summed E-state index contributed by atoms with van der Waals surface area (Å²) >= 11 is 3.44. The van der Waals surface area contributed by atoms with Gasteiger partial charge in [-0.05, 0) is 38.1 Å². The zero-order valence-corrected chi connectivity index (χ0v) is 12.2. The Morgan fingerprint density at radius 3 is 2.83 bits per heavy atom. The van der Waals surface area contributed by atoms with E-state index in [4.69, 9.17) is 9.84 Å². The fraction of sp³-hybridized carbons (Fsp3) is 0.462. The molecule has 1 aromatic carbocycles. The molecular formula is C13H18BrNO3.